The molecule has 5 nitrogen and oxygen atoms in total. The Morgan fingerprint density at radius 2 is 2.12 bits per heavy atom. The third kappa shape index (κ3) is 4.83. The molecule has 2 saturated heterocycles. The van der Waals surface area contributed by atoms with Crippen molar-refractivity contribution in [2.24, 2.45) is 0 Å². The van der Waals surface area contributed by atoms with Gasteiger partial charge < -0.3 is 15.4 Å². The van der Waals surface area contributed by atoms with Crippen molar-refractivity contribution < 1.29 is 9.53 Å². The number of amides is 1. The zero-order valence-electron chi connectivity index (χ0n) is 13.7. The number of hydrogen-bond donors (Lipinski definition) is 2. The summed E-state index contributed by atoms with van der Waals surface area (Å²) >= 11 is 6.40. The van der Waals surface area contributed by atoms with Crippen LogP contribution in [0, 0.1) is 0 Å². The van der Waals surface area contributed by atoms with Gasteiger partial charge in [-0.05, 0) is 31.0 Å². The van der Waals surface area contributed by atoms with Crippen molar-refractivity contribution in [1.29, 1.82) is 0 Å². The molecule has 1 aromatic carbocycles. The second-order valence-corrected chi connectivity index (χ2v) is 6.49. The number of rotatable bonds is 5. The van der Waals surface area contributed by atoms with Gasteiger partial charge in [0.05, 0.1) is 25.3 Å². The number of nitrogens with zero attached hydrogens (tertiary/aromatic N) is 1. The number of benzene rings is 1. The SMILES string of the molecule is Cl.O=C(NCC(c1ccccc1Cl)N1CCOCC1)C1CCCN1. The molecule has 0 spiro atoms. The summed E-state index contributed by atoms with van der Waals surface area (Å²) in [4.78, 5) is 14.6. The van der Waals surface area contributed by atoms with Gasteiger partial charge >= 0.3 is 0 Å². The van der Waals surface area contributed by atoms with E-state index in [4.69, 9.17) is 16.3 Å². The first-order valence-corrected chi connectivity index (χ1v) is 8.71. The standard InChI is InChI=1S/C17H24ClN3O2.ClH/c18-14-5-2-1-4-13(14)16(21-8-10-23-11-9-21)12-20-17(22)15-6-3-7-19-15;/h1-2,4-5,15-16,19H,3,6-12H2,(H,20,22);1H. The second-order valence-electron chi connectivity index (χ2n) is 6.08. The van der Waals surface area contributed by atoms with Crippen molar-refractivity contribution in [1.82, 2.24) is 15.5 Å². The van der Waals surface area contributed by atoms with Gasteiger partial charge in [-0.25, -0.2) is 0 Å². The lowest BCUT2D eigenvalue weighted by molar-refractivity contribution is -0.123. The maximum atomic E-state index is 12.3. The Labute approximate surface area is 154 Å². The van der Waals surface area contributed by atoms with Crippen LogP contribution in [0.4, 0.5) is 0 Å². The minimum absolute atomic E-state index is 0. The predicted octanol–water partition coefficient (Wildman–Crippen LogP) is 2.00. The molecule has 2 heterocycles. The van der Waals surface area contributed by atoms with Crippen LogP contribution < -0.4 is 10.6 Å². The van der Waals surface area contributed by atoms with E-state index in [0.29, 0.717) is 6.54 Å². The summed E-state index contributed by atoms with van der Waals surface area (Å²) < 4.78 is 5.45. The topological polar surface area (TPSA) is 53.6 Å². The van der Waals surface area contributed by atoms with Crippen LogP contribution in [0.3, 0.4) is 0 Å². The van der Waals surface area contributed by atoms with Gasteiger partial charge in [0.15, 0.2) is 0 Å². The van der Waals surface area contributed by atoms with Crippen LogP contribution in [0.1, 0.15) is 24.4 Å². The predicted molar refractivity (Wildman–Crippen MR) is 97.9 cm³/mol. The molecule has 0 radical (unpaired) electrons. The van der Waals surface area contributed by atoms with Crippen molar-refractivity contribution in [3.63, 3.8) is 0 Å². The van der Waals surface area contributed by atoms with E-state index in [1.807, 2.05) is 24.3 Å². The van der Waals surface area contributed by atoms with Crippen molar-refractivity contribution in [3.05, 3.63) is 34.9 Å². The Hall–Kier alpha value is -0.850. The minimum atomic E-state index is -0.0495. The molecule has 0 saturated carbocycles. The Morgan fingerprint density at radius 1 is 1.38 bits per heavy atom. The van der Waals surface area contributed by atoms with E-state index >= 15 is 0 Å². The van der Waals surface area contributed by atoms with Crippen LogP contribution in [0.5, 0.6) is 0 Å². The van der Waals surface area contributed by atoms with Crippen molar-refractivity contribution in [2.45, 2.75) is 24.9 Å². The van der Waals surface area contributed by atoms with Gasteiger partial charge in [0.25, 0.3) is 0 Å². The van der Waals surface area contributed by atoms with E-state index in [1.165, 1.54) is 0 Å². The first kappa shape index (κ1) is 19.5. The van der Waals surface area contributed by atoms with Crippen LogP contribution >= 0.6 is 24.0 Å². The Balaban J connectivity index is 0.00000208. The smallest absolute Gasteiger partial charge is 0.237 e. The average Bonchev–Trinajstić information content (AvgIpc) is 3.12. The van der Waals surface area contributed by atoms with Gasteiger partial charge in [-0.3, -0.25) is 9.69 Å². The van der Waals surface area contributed by atoms with E-state index in [9.17, 15) is 4.79 Å². The van der Waals surface area contributed by atoms with Gasteiger partial charge in [0, 0.05) is 24.7 Å². The zero-order valence-corrected chi connectivity index (χ0v) is 15.2. The van der Waals surface area contributed by atoms with E-state index in [2.05, 4.69) is 15.5 Å². The van der Waals surface area contributed by atoms with Crippen molar-refractivity contribution in [3.8, 4) is 0 Å². The molecule has 7 heteroatoms. The van der Waals surface area contributed by atoms with E-state index in [-0.39, 0.29) is 30.4 Å². The van der Waals surface area contributed by atoms with Crippen LogP contribution in [0.2, 0.25) is 5.02 Å². The molecule has 1 aromatic rings. The summed E-state index contributed by atoms with van der Waals surface area (Å²) in [7, 11) is 0. The molecule has 0 aliphatic carbocycles. The zero-order chi connectivity index (χ0) is 16.1. The molecule has 2 aliphatic rings. The molecular weight excluding hydrogens is 349 g/mol. The first-order chi connectivity index (χ1) is 11.3. The molecule has 2 aliphatic heterocycles. The summed E-state index contributed by atoms with van der Waals surface area (Å²) in [5.41, 5.74) is 1.07. The fourth-order valence-electron chi connectivity index (χ4n) is 3.30. The molecule has 2 N–H and O–H groups in total. The summed E-state index contributed by atoms with van der Waals surface area (Å²) in [5.74, 6) is 0.0906. The molecule has 0 aromatic heterocycles. The molecule has 2 fully saturated rings. The van der Waals surface area contributed by atoms with Crippen LogP contribution in [0.15, 0.2) is 24.3 Å². The number of carbonyl (C=O) groups is 1. The van der Waals surface area contributed by atoms with Gasteiger partial charge in [-0.15, -0.1) is 12.4 Å². The monoisotopic (exact) mass is 373 g/mol. The molecule has 134 valence electrons. The number of nitrogens with one attached hydrogen (secondary N) is 2. The molecule has 3 rings (SSSR count). The third-order valence-corrected chi connectivity index (χ3v) is 4.94. The number of hydrogen-bond acceptors (Lipinski definition) is 4. The average molecular weight is 374 g/mol. The normalized spacial score (nSPS) is 22.6. The fourth-order valence-corrected chi connectivity index (χ4v) is 3.56. The van der Waals surface area contributed by atoms with Crippen LogP contribution in [-0.4, -0.2) is 56.2 Å². The summed E-state index contributed by atoms with van der Waals surface area (Å²) in [6.45, 7) is 4.65. The molecular formula is C17H25Cl2N3O2. The van der Waals surface area contributed by atoms with Crippen LogP contribution in [-0.2, 0) is 9.53 Å². The first-order valence-electron chi connectivity index (χ1n) is 8.33. The highest BCUT2D eigenvalue weighted by Gasteiger charge is 2.27. The highest BCUT2D eigenvalue weighted by Crippen LogP contribution is 2.27. The quantitative estimate of drug-likeness (QED) is 0.828. The Morgan fingerprint density at radius 3 is 2.79 bits per heavy atom. The second kappa shape index (κ2) is 9.59. The fraction of sp³-hybridized carbons (Fsp3) is 0.588. The molecule has 2 atom stereocenters. The Kier molecular flexibility index (Phi) is 7.78. The maximum Gasteiger partial charge on any atom is 0.237 e. The summed E-state index contributed by atoms with van der Waals surface area (Å²) in [6.07, 6.45) is 1.98. The minimum Gasteiger partial charge on any atom is -0.379 e. The van der Waals surface area contributed by atoms with Crippen molar-refractivity contribution >= 4 is 29.9 Å². The molecule has 1 amide bonds. The number of ether oxygens (including phenoxy) is 1. The lowest BCUT2D eigenvalue weighted by Gasteiger charge is -2.35. The van der Waals surface area contributed by atoms with Crippen molar-refractivity contribution in [2.75, 3.05) is 39.4 Å². The highest BCUT2D eigenvalue weighted by molar-refractivity contribution is 6.31. The van der Waals surface area contributed by atoms with Crippen LogP contribution in [0.25, 0.3) is 0 Å². The lowest BCUT2D eigenvalue weighted by atomic mass is 10.0. The number of halogens is 2. The molecule has 2 unspecified atom stereocenters. The van der Waals surface area contributed by atoms with Gasteiger partial charge in [0.1, 0.15) is 0 Å². The van der Waals surface area contributed by atoms with Gasteiger partial charge in [-0.1, -0.05) is 29.8 Å². The largest absolute Gasteiger partial charge is 0.379 e. The summed E-state index contributed by atoms with van der Waals surface area (Å²) in [5, 5.41) is 7.09. The van der Waals surface area contributed by atoms with E-state index in [1.54, 1.807) is 0 Å². The lowest BCUT2D eigenvalue weighted by Crippen LogP contribution is -2.47. The molecule has 24 heavy (non-hydrogen) atoms. The maximum absolute atomic E-state index is 12.3. The highest BCUT2D eigenvalue weighted by atomic mass is 35.5. The van der Waals surface area contributed by atoms with E-state index < -0.39 is 0 Å². The number of morpholine rings is 1. The molecule has 0 bridgehead atoms. The Bertz CT molecular complexity index is 532. The number of carbonyl (C=O) groups excluding carboxylic acids is 1. The van der Waals surface area contributed by atoms with Gasteiger partial charge in [0.2, 0.25) is 5.91 Å². The van der Waals surface area contributed by atoms with E-state index in [0.717, 1.165) is 56.3 Å². The van der Waals surface area contributed by atoms with Gasteiger partial charge in [-0.2, -0.15) is 0 Å². The third-order valence-electron chi connectivity index (χ3n) is 4.60. The summed E-state index contributed by atoms with van der Waals surface area (Å²) in [6, 6.07) is 7.91.